The van der Waals surface area contributed by atoms with Crippen LogP contribution < -0.4 is 0 Å². The van der Waals surface area contributed by atoms with Crippen LogP contribution in [0.1, 0.15) is 30.9 Å². The van der Waals surface area contributed by atoms with Crippen molar-refractivity contribution >= 4 is 15.8 Å². The van der Waals surface area contributed by atoms with E-state index in [0.29, 0.717) is 18.4 Å². The summed E-state index contributed by atoms with van der Waals surface area (Å²) in [6, 6.07) is 7.26. The Labute approximate surface area is 114 Å². The Morgan fingerprint density at radius 2 is 1.84 bits per heavy atom. The number of methoxy groups -OCH3 is 1. The van der Waals surface area contributed by atoms with Crippen molar-refractivity contribution in [2.45, 2.75) is 37.7 Å². The molecule has 5 heteroatoms. The van der Waals surface area contributed by atoms with Crippen molar-refractivity contribution in [1.82, 2.24) is 0 Å². The molecule has 0 fully saturated rings. The zero-order chi connectivity index (χ0) is 14.5. The van der Waals surface area contributed by atoms with Crippen LogP contribution in [0, 0.1) is 6.92 Å². The van der Waals surface area contributed by atoms with Crippen LogP contribution in [0.4, 0.5) is 0 Å². The van der Waals surface area contributed by atoms with Gasteiger partial charge in [-0.15, -0.1) is 0 Å². The summed E-state index contributed by atoms with van der Waals surface area (Å²) in [5, 5.41) is -1.07. The molecule has 0 aliphatic heterocycles. The molecule has 0 aliphatic rings. The highest BCUT2D eigenvalue weighted by Crippen LogP contribution is 2.17. The van der Waals surface area contributed by atoms with E-state index in [-0.39, 0.29) is 5.75 Å². The summed E-state index contributed by atoms with van der Waals surface area (Å²) in [5.74, 6) is -0.804. The van der Waals surface area contributed by atoms with Crippen LogP contribution >= 0.6 is 0 Å². The molecule has 4 nitrogen and oxygen atoms in total. The van der Waals surface area contributed by atoms with Gasteiger partial charge in [0, 0.05) is 0 Å². The largest absolute Gasteiger partial charge is 0.468 e. The number of aryl methyl sites for hydroxylation is 1. The topological polar surface area (TPSA) is 60.4 Å². The number of ether oxygens (including phenoxy) is 1. The van der Waals surface area contributed by atoms with Crippen molar-refractivity contribution in [2.75, 3.05) is 7.11 Å². The number of rotatable bonds is 6. The lowest BCUT2D eigenvalue weighted by atomic mass is 10.2. The van der Waals surface area contributed by atoms with E-state index in [1.165, 1.54) is 7.11 Å². The van der Waals surface area contributed by atoms with E-state index < -0.39 is 21.1 Å². The molecule has 0 N–H and O–H groups in total. The van der Waals surface area contributed by atoms with Crippen molar-refractivity contribution < 1.29 is 17.9 Å². The van der Waals surface area contributed by atoms with Crippen molar-refractivity contribution in [3.63, 3.8) is 0 Å². The molecule has 0 aromatic heterocycles. The van der Waals surface area contributed by atoms with Gasteiger partial charge in [-0.25, -0.2) is 8.42 Å². The molecule has 0 aliphatic carbocycles. The van der Waals surface area contributed by atoms with E-state index in [1.54, 1.807) is 12.1 Å². The van der Waals surface area contributed by atoms with Gasteiger partial charge in [-0.2, -0.15) is 0 Å². The number of benzene rings is 1. The minimum absolute atomic E-state index is 0.132. The maximum Gasteiger partial charge on any atom is 0.324 e. The van der Waals surface area contributed by atoms with E-state index in [1.807, 2.05) is 26.0 Å². The van der Waals surface area contributed by atoms with Gasteiger partial charge in [-0.3, -0.25) is 4.79 Å². The quantitative estimate of drug-likeness (QED) is 0.752. The Bertz CT molecular complexity index is 517. The summed E-state index contributed by atoms with van der Waals surface area (Å²) >= 11 is 0. The first-order valence-electron chi connectivity index (χ1n) is 6.25. The maximum atomic E-state index is 12.3. The van der Waals surface area contributed by atoms with E-state index in [9.17, 15) is 13.2 Å². The van der Waals surface area contributed by atoms with E-state index >= 15 is 0 Å². The fourth-order valence-electron chi connectivity index (χ4n) is 1.85. The normalized spacial score (nSPS) is 13.0. The number of sulfone groups is 1. The fraction of sp³-hybridized carbons (Fsp3) is 0.500. The molecular formula is C14H20O4S. The zero-order valence-corrected chi connectivity index (χ0v) is 12.4. The first-order chi connectivity index (χ1) is 8.90. The summed E-state index contributed by atoms with van der Waals surface area (Å²) in [6.07, 6.45) is 0.910. The minimum atomic E-state index is -3.54. The van der Waals surface area contributed by atoms with Crippen molar-refractivity contribution in [3.05, 3.63) is 35.4 Å². The SMILES string of the molecule is CCCC(C(=O)OC)S(=O)(=O)Cc1ccc(C)cc1. The Morgan fingerprint density at radius 1 is 1.26 bits per heavy atom. The zero-order valence-electron chi connectivity index (χ0n) is 11.5. The number of esters is 1. The van der Waals surface area contributed by atoms with Gasteiger partial charge in [0.1, 0.15) is 0 Å². The summed E-state index contributed by atoms with van der Waals surface area (Å²) in [5.41, 5.74) is 1.76. The van der Waals surface area contributed by atoms with E-state index in [4.69, 9.17) is 0 Å². The van der Waals surface area contributed by atoms with Crippen LogP contribution in [0.2, 0.25) is 0 Å². The monoisotopic (exact) mass is 284 g/mol. The Kier molecular flexibility index (Phi) is 5.54. The summed E-state index contributed by atoms with van der Waals surface area (Å²) in [6.45, 7) is 3.78. The predicted molar refractivity (Wildman–Crippen MR) is 74.5 cm³/mol. The van der Waals surface area contributed by atoms with Crippen LogP contribution in [-0.2, 0) is 25.1 Å². The van der Waals surface area contributed by atoms with Gasteiger partial charge < -0.3 is 4.74 Å². The van der Waals surface area contributed by atoms with Crippen LogP contribution in [-0.4, -0.2) is 26.7 Å². The van der Waals surface area contributed by atoms with Gasteiger partial charge >= 0.3 is 5.97 Å². The highest BCUT2D eigenvalue weighted by molar-refractivity contribution is 7.92. The molecule has 0 bridgehead atoms. The molecule has 106 valence electrons. The molecule has 1 rings (SSSR count). The molecular weight excluding hydrogens is 264 g/mol. The molecule has 1 aromatic carbocycles. The van der Waals surface area contributed by atoms with Gasteiger partial charge in [0.05, 0.1) is 12.9 Å². The van der Waals surface area contributed by atoms with Crippen LogP contribution in [0.3, 0.4) is 0 Å². The second-order valence-electron chi connectivity index (χ2n) is 4.59. The highest BCUT2D eigenvalue weighted by Gasteiger charge is 2.32. The summed E-state index contributed by atoms with van der Waals surface area (Å²) < 4.78 is 29.1. The number of hydrogen-bond acceptors (Lipinski definition) is 4. The second-order valence-corrected chi connectivity index (χ2v) is 6.78. The Balaban J connectivity index is 2.94. The molecule has 1 atom stereocenters. The van der Waals surface area contributed by atoms with Gasteiger partial charge in [0.25, 0.3) is 0 Å². The van der Waals surface area contributed by atoms with Gasteiger partial charge in [0.2, 0.25) is 0 Å². The number of carbonyl (C=O) groups is 1. The molecule has 1 unspecified atom stereocenters. The molecule has 0 saturated carbocycles. The third kappa shape index (κ3) is 4.35. The lowest BCUT2D eigenvalue weighted by Gasteiger charge is -2.14. The lowest BCUT2D eigenvalue weighted by molar-refractivity contribution is -0.140. The first kappa shape index (κ1) is 15.7. The predicted octanol–water partition coefficient (Wildman–Crippen LogP) is 2.25. The van der Waals surface area contributed by atoms with E-state index in [2.05, 4.69) is 4.74 Å². The van der Waals surface area contributed by atoms with Gasteiger partial charge in [-0.1, -0.05) is 43.2 Å². The summed E-state index contributed by atoms with van der Waals surface area (Å²) in [7, 11) is -2.32. The molecule has 1 aromatic rings. The molecule has 0 radical (unpaired) electrons. The molecule has 0 saturated heterocycles. The number of carbonyl (C=O) groups excluding carboxylic acids is 1. The van der Waals surface area contributed by atoms with Crippen molar-refractivity contribution in [3.8, 4) is 0 Å². The average molecular weight is 284 g/mol. The van der Waals surface area contributed by atoms with Crippen molar-refractivity contribution in [2.24, 2.45) is 0 Å². The minimum Gasteiger partial charge on any atom is -0.468 e. The smallest absolute Gasteiger partial charge is 0.324 e. The van der Waals surface area contributed by atoms with Crippen molar-refractivity contribution in [1.29, 1.82) is 0 Å². The standard InChI is InChI=1S/C14H20O4S/c1-4-5-13(14(15)18-3)19(16,17)10-12-8-6-11(2)7-9-12/h6-9,13H,4-5,10H2,1-3H3. The average Bonchev–Trinajstić information content (AvgIpc) is 2.37. The van der Waals surface area contributed by atoms with Gasteiger partial charge in [0.15, 0.2) is 15.1 Å². The Hall–Kier alpha value is -1.36. The molecule has 19 heavy (non-hydrogen) atoms. The maximum absolute atomic E-state index is 12.3. The van der Waals surface area contributed by atoms with Crippen LogP contribution in [0.25, 0.3) is 0 Å². The summed E-state index contributed by atoms with van der Waals surface area (Å²) in [4.78, 5) is 11.6. The Morgan fingerprint density at radius 3 is 2.32 bits per heavy atom. The fourth-order valence-corrected chi connectivity index (χ4v) is 3.70. The van der Waals surface area contributed by atoms with Gasteiger partial charge in [-0.05, 0) is 18.9 Å². The molecule has 0 spiro atoms. The number of hydrogen-bond donors (Lipinski definition) is 0. The second kappa shape index (κ2) is 6.70. The van der Waals surface area contributed by atoms with Crippen LogP contribution in [0.5, 0.6) is 0 Å². The molecule has 0 heterocycles. The third-order valence-corrected chi connectivity index (χ3v) is 4.97. The highest BCUT2D eigenvalue weighted by atomic mass is 32.2. The first-order valence-corrected chi connectivity index (χ1v) is 7.97. The molecule has 0 amide bonds. The van der Waals surface area contributed by atoms with Crippen LogP contribution in [0.15, 0.2) is 24.3 Å². The van der Waals surface area contributed by atoms with E-state index in [0.717, 1.165) is 5.56 Å². The lowest BCUT2D eigenvalue weighted by Crippen LogP contribution is -2.32. The third-order valence-electron chi connectivity index (χ3n) is 2.94.